The number of nitrogens with zero attached hydrogens (tertiary/aromatic N) is 3. The predicted octanol–water partition coefficient (Wildman–Crippen LogP) is 3.65. The summed E-state index contributed by atoms with van der Waals surface area (Å²) < 4.78 is 11.7. The molecule has 0 bridgehead atoms. The van der Waals surface area contributed by atoms with Gasteiger partial charge in [-0.2, -0.15) is 10.1 Å². The van der Waals surface area contributed by atoms with E-state index in [2.05, 4.69) is 20.5 Å². The number of anilines is 2. The van der Waals surface area contributed by atoms with Crippen LogP contribution in [0.5, 0.6) is 11.6 Å². The van der Waals surface area contributed by atoms with Crippen LogP contribution in [0.25, 0.3) is 10.8 Å². The smallest absolute Gasteiger partial charge is 0.257 e. The van der Waals surface area contributed by atoms with E-state index in [1.54, 1.807) is 27.3 Å². The van der Waals surface area contributed by atoms with E-state index >= 15 is 0 Å². The van der Waals surface area contributed by atoms with Gasteiger partial charge in [0.1, 0.15) is 17.7 Å². The van der Waals surface area contributed by atoms with Crippen molar-refractivity contribution >= 4 is 28.3 Å². The molecule has 1 amide bonds. The number of hydrogen-bond acceptors (Lipinski definition) is 6. The second kappa shape index (κ2) is 7.62. The molecule has 0 spiro atoms. The molecule has 0 radical (unpaired) electrons. The predicted molar refractivity (Wildman–Crippen MR) is 111 cm³/mol. The van der Waals surface area contributed by atoms with Crippen LogP contribution in [0.1, 0.15) is 35.3 Å². The third-order valence-corrected chi connectivity index (χ3v) is 5.05. The van der Waals surface area contributed by atoms with Crippen molar-refractivity contribution in [3.8, 4) is 11.6 Å². The van der Waals surface area contributed by atoms with E-state index < -0.39 is 0 Å². The first kappa shape index (κ1) is 19.0. The van der Waals surface area contributed by atoms with Gasteiger partial charge in [0.2, 0.25) is 5.88 Å². The molecule has 152 valence electrons. The van der Waals surface area contributed by atoms with E-state index in [0.29, 0.717) is 28.8 Å². The highest BCUT2D eigenvalue weighted by Crippen LogP contribution is 2.36. The van der Waals surface area contributed by atoms with Gasteiger partial charge in [0.25, 0.3) is 5.91 Å². The second-order valence-corrected chi connectivity index (χ2v) is 7.52. The molecule has 1 saturated carbocycles. The van der Waals surface area contributed by atoms with E-state index in [4.69, 9.17) is 9.47 Å². The van der Waals surface area contributed by atoms with Gasteiger partial charge in [0.05, 0.1) is 12.7 Å². The van der Waals surface area contributed by atoms with Gasteiger partial charge in [-0.3, -0.25) is 9.89 Å². The van der Waals surface area contributed by atoms with Crippen LogP contribution >= 0.6 is 0 Å². The Morgan fingerprint density at radius 3 is 2.59 bits per heavy atom. The van der Waals surface area contributed by atoms with Crippen molar-refractivity contribution in [3.63, 3.8) is 0 Å². The summed E-state index contributed by atoms with van der Waals surface area (Å²) in [6.07, 6.45) is 3.34. The van der Waals surface area contributed by atoms with E-state index in [-0.39, 0.29) is 12.0 Å². The summed E-state index contributed by atoms with van der Waals surface area (Å²) in [7, 11) is 5.00. The summed E-state index contributed by atoms with van der Waals surface area (Å²) >= 11 is 0. The Morgan fingerprint density at radius 1 is 1.21 bits per heavy atom. The SMILES string of the molecule is COc1cc2cc(Nc3cc(C)[nH]n3)nc(OC3CCC3)c2cc1C(=O)N(C)C. The van der Waals surface area contributed by atoms with Gasteiger partial charge in [-0.1, -0.05) is 0 Å². The van der Waals surface area contributed by atoms with Crippen LogP contribution < -0.4 is 14.8 Å². The van der Waals surface area contributed by atoms with Gasteiger partial charge >= 0.3 is 0 Å². The number of carbonyl (C=O) groups excluding carboxylic acids is 1. The minimum Gasteiger partial charge on any atom is -0.496 e. The number of hydrogen-bond donors (Lipinski definition) is 2. The molecule has 0 unspecified atom stereocenters. The normalized spacial score (nSPS) is 13.8. The van der Waals surface area contributed by atoms with Gasteiger partial charge in [0.15, 0.2) is 5.82 Å². The number of benzene rings is 1. The molecule has 2 N–H and O–H groups in total. The Morgan fingerprint density at radius 2 is 2.00 bits per heavy atom. The third-order valence-electron chi connectivity index (χ3n) is 5.05. The Labute approximate surface area is 169 Å². The molecule has 2 aromatic heterocycles. The molecule has 1 aromatic carbocycles. The molecule has 2 heterocycles. The van der Waals surface area contributed by atoms with E-state index in [1.165, 1.54) is 4.90 Å². The number of fused-ring (bicyclic) bond motifs is 1. The molecule has 0 aliphatic heterocycles. The van der Waals surface area contributed by atoms with E-state index in [1.807, 2.05) is 25.1 Å². The highest BCUT2D eigenvalue weighted by molar-refractivity contribution is 6.03. The average molecular weight is 395 g/mol. The lowest BCUT2D eigenvalue weighted by Gasteiger charge is -2.26. The van der Waals surface area contributed by atoms with Crippen molar-refractivity contribution in [1.82, 2.24) is 20.1 Å². The number of H-pyrrole nitrogens is 1. The fourth-order valence-electron chi connectivity index (χ4n) is 3.24. The standard InChI is InChI=1S/C21H25N5O3/c1-12-8-19(25-24-12)22-18-10-13-9-17(28-4)16(21(27)26(2)3)11-15(13)20(23-18)29-14-6-5-7-14/h8-11,14H,5-7H2,1-4H3,(H2,22,23,24,25). The molecule has 3 aromatic rings. The monoisotopic (exact) mass is 395 g/mol. The maximum atomic E-state index is 12.6. The number of rotatable bonds is 6. The molecule has 1 aliphatic carbocycles. The minimum absolute atomic E-state index is 0.132. The third kappa shape index (κ3) is 3.83. The number of pyridine rings is 1. The highest BCUT2D eigenvalue weighted by Gasteiger charge is 2.23. The topological polar surface area (TPSA) is 92.4 Å². The lowest BCUT2D eigenvalue weighted by Crippen LogP contribution is -2.25. The first-order valence-electron chi connectivity index (χ1n) is 9.64. The lowest BCUT2D eigenvalue weighted by molar-refractivity contribution is 0.0824. The average Bonchev–Trinajstić information content (AvgIpc) is 3.07. The van der Waals surface area contributed by atoms with Crippen LogP contribution in [-0.4, -0.2) is 53.3 Å². The van der Waals surface area contributed by atoms with Gasteiger partial charge in [0, 0.05) is 31.2 Å². The molecule has 1 aliphatic rings. The Kier molecular flexibility index (Phi) is 5.00. The number of carbonyl (C=O) groups is 1. The summed E-state index contributed by atoms with van der Waals surface area (Å²) in [5.41, 5.74) is 1.43. The molecule has 0 saturated heterocycles. The molecule has 0 atom stereocenters. The minimum atomic E-state index is -0.132. The van der Waals surface area contributed by atoms with Crippen LogP contribution in [0.3, 0.4) is 0 Å². The Balaban J connectivity index is 1.82. The number of aromatic amines is 1. The Hall–Kier alpha value is -3.29. The van der Waals surface area contributed by atoms with Crippen LogP contribution in [0.15, 0.2) is 24.3 Å². The van der Waals surface area contributed by atoms with Crippen molar-refractivity contribution in [2.75, 3.05) is 26.5 Å². The van der Waals surface area contributed by atoms with Crippen LogP contribution in [0.4, 0.5) is 11.6 Å². The molecule has 1 fully saturated rings. The summed E-state index contributed by atoms with van der Waals surface area (Å²) in [5, 5.41) is 12.0. The zero-order valence-electron chi connectivity index (χ0n) is 17.1. The van der Waals surface area contributed by atoms with Gasteiger partial charge in [-0.25, -0.2) is 0 Å². The van der Waals surface area contributed by atoms with Crippen LogP contribution in [0, 0.1) is 6.92 Å². The van der Waals surface area contributed by atoms with Gasteiger partial charge in [-0.05, 0) is 49.8 Å². The largest absolute Gasteiger partial charge is 0.496 e. The number of aromatic nitrogens is 3. The zero-order chi connectivity index (χ0) is 20.5. The quantitative estimate of drug-likeness (QED) is 0.662. The molecule has 8 nitrogen and oxygen atoms in total. The molecule has 29 heavy (non-hydrogen) atoms. The maximum absolute atomic E-state index is 12.6. The van der Waals surface area contributed by atoms with Crippen LogP contribution in [-0.2, 0) is 0 Å². The fraction of sp³-hybridized carbons (Fsp3) is 0.381. The lowest BCUT2D eigenvalue weighted by atomic mass is 9.96. The number of nitrogens with one attached hydrogen (secondary N) is 2. The number of amides is 1. The summed E-state index contributed by atoms with van der Waals surface area (Å²) in [4.78, 5) is 18.8. The maximum Gasteiger partial charge on any atom is 0.257 e. The first-order valence-corrected chi connectivity index (χ1v) is 9.64. The number of aryl methyl sites for hydroxylation is 1. The van der Waals surface area contributed by atoms with Crippen molar-refractivity contribution < 1.29 is 14.3 Å². The fourth-order valence-corrected chi connectivity index (χ4v) is 3.24. The summed E-state index contributed by atoms with van der Waals surface area (Å²) in [5.74, 6) is 2.19. The molecular formula is C21H25N5O3. The number of methoxy groups -OCH3 is 1. The highest BCUT2D eigenvalue weighted by atomic mass is 16.5. The first-order chi connectivity index (χ1) is 13.9. The van der Waals surface area contributed by atoms with E-state index in [9.17, 15) is 4.79 Å². The van der Waals surface area contributed by atoms with Gasteiger partial charge in [-0.15, -0.1) is 0 Å². The molecule has 4 rings (SSSR count). The zero-order valence-corrected chi connectivity index (χ0v) is 17.1. The molecule has 8 heteroatoms. The van der Waals surface area contributed by atoms with Crippen LogP contribution in [0.2, 0.25) is 0 Å². The second-order valence-electron chi connectivity index (χ2n) is 7.52. The van der Waals surface area contributed by atoms with Crippen molar-refractivity contribution in [2.45, 2.75) is 32.3 Å². The van der Waals surface area contributed by atoms with E-state index in [0.717, 1.165) is 35.7 Å². The number of ether oxygens (including phenoxy) is 2. The molecular weight excluding hydrogens is 370 g/mol. The van der Waals surface area contributed by atoms with Crippen molar-refractivity contribution in [2.24, 2.45) is 0 Å². The van der Waals surface area contributed by atoms with Crippen molar-refractivity contribution in [1.29, 1.82) is 0 Å². The van der Waals surface area contributed by atoms with Gasteiger partial charge < -0.3 is 19.7 Å². The Bertz CT molecular complexity index is 1060. The summed E-state index contributed by atoms with van der Waals surface area (Å²) in [6, 6.07) is 7.46. The van der Waals surface area contributed by atoms with Crippen molar-refractivity contribution in [3.05, 3.63) is 35.5 Å². The summed E-state index contributed by atoms with van der Waals surface area (Å²) in [6.45, 7) is 1.94.